The predicted molar refractivity (Wildman–Crippen MR) is 98.2 cm³/mol. The summed E-state index contributed by atoms with van der Waals surface area (Å²) in [7, 11) is 0. The quantitative estimate of drug-likeness (QED) is 0.479. The average molecular weight is 334 g/mol. The van der Waals surface area contributed by atoms with Gasteiger partial charge < -0.3 is 0 Å². The summed E-state index contributed by atoms with van der Waals surface area (Å²) in [6.07, 6.45) is 2.19. The second-order valence-corrected chi connectivity index (χ2v) is 6.41. The van der Waals surface area contributed by atoms with Crippen molar-refractivity contribution in [3.8, 4) is 0 Å². The van der Waals surface area contributed by atoms with Crippen LogP contribution in [0.25, 0.3) is 11.0 Å². The average Bonchev–Trinajstić information content (AvgIpc) is 2.94. The summed E-state index contributed by atoms with van der Waals surface area (Å²) in [4.78, 5) is 0. The minimum atomic E-state index is 0.779. The van der Waals surface area contributed by atoms with Crippen LogP contribution in [-0.4, -0.2) is 4.57 Å². The first kappa shape index (κ1) is 15.0. The summed E-state index contributed by atoms with van der Waals surface area (Å²) >= 11 is 6.13. The van der Waals surface area contributed by atoms with Gasteiger partial charge >= 0.3 is 0 Å². The van der Waals surface area contributed by atoms with Crippen LogP contribution >= 0.6 is 11.6 Å². The SMILES string of the molecule is Clc1cccc(C[n+]2cn(Cc3ccccc3)c3ccccc32)c1. The van der Waals surface area contributed by atoms with Gasteiger partial charge in [-0.2, -0.15) is 0 Å². The molecule has 0 spiro atoms. The lowest BCUT2D eigenvalue weighted by Crippen LogP contribution is -2.32. The van der Waals surface area contributed by atoms with E-state index in [1.807, 2.05) is 18.2 Å². The first-order valence-corrected chi connectivity index (χ1v) is 8.43. The first-order valence-electron chi connectivity index (χ1n) is 8.05. The number of hydrogen-bond acceptors (Lipinski definition) is 0. The van der Waals surface area contributed by atoms with E-state index in [0.717, 1.165) is 18.1 Å². The molecule has 3 aromatic carbocycles. The van der Waals surface area contributed by atoms with Crippen LogP contribution in [0.15, 0.2) is 85.2 Å². The van der Waals surface area contributed by atoms with Crippen molar-refractivity contribution in [1.29, 1.82) is 0 Å². The Labute approximate surface area is 146 Å². The zero-order chi connectivity index (χ0) is 16.4. The highest BCUT2D eigenvalue weighted by molar-refractivity contribution is 6.30. The zero-order valence-corrected chi connectivity index (χ0v) is 14.0. The maximum Gasteiger partial charge on any atom is 0.245 e. The molecular weight excluding hydrogens is 316 g/mol. The number of imidazole rings is 1. The largest absolute Gasteiger partial charge is 0.245 e. The third-order valence-electron chi connectivity index (χ3n) is 4.22. The van der Waals surface area contributed by atoms with E-state index in [-0.39, 0.29) is 0 Å². The second kappa shape index (κ2) is 6.50. The molecule has 1 heterocycles. The smallest absolute Gasteiger partial charge is 0.226 e. The third-order valence-corrected chi connectivity index (χ3v) is 4.45. The van der Waals surface area contributed by atoms with Gasteiger partial charge in [0.15, 0.2) is 11.0 Å². The molecule has 0 saturated heterocycles. The van der Waals surface area contributed by atoms with Crippen molar-refractivity contribution >= 4 is 22.6 Å². The van der Waals surface area contributed by atoms with Gasteiger partial charge in [0.1, 0.15) is 13.1 Å². The van der Waals surface area contributed by atoms with Crippen molar-refractivity contribution in [2.45, 2.75) is 13.1 Å². The highest BCUT2D eigenvalue weighted by Crippen LogP contribution is 2.15. The van der Waals surface area contributed by atoms with Crippen molar-refractivity contribution in [3.63, 3.8) is 0 Å². The Morgan fingerprint density at radius 3 is 2.38 bits per heavy atom. The standard InChI is InChI=1S/C21H18ClN2/c22-19-10-6-9-18(13-19)15-24-16-23(14-17-7-2-1-3-8-17)20-11-4-5-12-21(20)24/h1-13,16H,14-15H2/q+1. The number of benzene rings is 3. The fourth-order valence-electron chi connectivity index (χ4n) is 3.11. The molecule has 0 fully saturated rings. The predicted octanol–water partition coefficient (Wildman–Crippen LogP) is 4.68. The van der Waals surface area contributed by atoms with Gasteiger partial charge in [-0.25, -0.2) is 9.13 Å². The number of rotatable bonds is 4. The lowest BCUT2D eigenvalue weighted by molar-refractivity contribution is -0.663. The number of aromatic nitrogens is 2. The van der Waals surface area contributed by atoms with Crippen LogP contribution in [0.1, 0.15) is 11.1 Å². The fourth-order valence-corrected chi connectivity index (χ4v) is 3.32. The van der Waals surface area contributed by atoms with Gasteiger partial charge in [0, 0.05) is 5.02 Å². The molecule has 0 aliphatic carbocycles. The monoisotopic (exact) mass is 333 g/mol. The van der Waals surface area contributed by atoms with Crippen LogP contribution < -0.4 is 4.57 Å². The summed E-state index contributed by atoms with van der Waals surface area (Å²) in [5.41, 5.74) is 4.97. The van der Waals surface area contributed by atoms with E-state index >= 15 is 0 Å². The number of fused-ring (bicyclic) bond motifs is 1. The molecule has 4 aromatic rings. The van der Waals surface area contributed by atoms with Crippen LogP contribution in [0, 0.1) is 0 Å². The molecule has 24 heavy (non-hydrogen) atoms. The van der Waals surface area contributed by atoms with E-state index in [2.05, 4.69) is 76.1 Å². The molecule has 0 saturated carbocycles. The number of hydrogen-bond donors (Lipinski definition) is 0. The Hall–Kier alpha value is -2.58. The first-order chi connectivity index (χ1) is 11.8. The van der Waals surface area contributed by atoms with Crippen molar-refractivity contribution in [2.75, 3.05) is 0 Å². The molecule has 3 heteroatoms. The molecule has 0 N–H and O–H groups in total. The Morgan fingerprint density at radius 2 is 1.54 bits per heavy atom. The Morgan fingerprint density at radius 1 is 0.792 bits per heavy atom. The van der Waals surface area contributed by atoms with Crippen LogP contribution in [0.4, 0.5) is 0 Å². The Bertz CT molecular complexity index is 973. The number of nitrogens with zero attached hydrogens (tertiary/aromatic N) is 2. The van der Waals surface area contributed by atoms with E-state index in [4.69, 9.17) is 11.6 Å². The highest BCUT2D eigenvalue weighted by Gasteiger charge is 2.15. The van der Waals surface area contributed by atoms with Gasteiger partial charge in [-0.05, 0) is 35.4 Å². The molecule has 0 amide bonds. The van der Waals surface area contributed by atoms with E-state index < -0.39 is 0 Å². The minimum absolute atomic E-state index is 0.779. The lowest BCUT2D eigenvalue weighted by atomic mass is 10.2. The molecule has 4 rings (SSSR count). The maximum absolute atomic E-state index is 6.13. The molecule has 2 nitrogen and oxygen atoms in total. The van der Waals surface area contributed by atoms with Gasteiger partial charge in [-0.15, -0.1) is 0 Å². The molecular formula is C21H18ClN2+. The normalized spacial score (nSPS) is 11.0. The molecule has 0 bridgehead atoms. The van der Waals surface area contributed by atoms with E-state index in [0.29, 0.717) is 0 Å². The Balaban J connectivity index is 1.74. The minimum Gasteiger partial charge on any atom is -0.226 e. The molecule has 118 valence electrons. The summed E-state index contributed by atoms with van der Waals surface area (Å²) in [6, 6.07) is 27.1. The molecule has 0 aliphatic heterocycles. The van der Waals surface area contributed by atoms with Crippen LogP contribution in [0.2, 0.25) is 5.02 Å². The van der Waals surface area contributed by atoms with Crippen molar-refractivity contribution in [3.05, 3.63) is 101 Å². The lowest BCUT2D eigenvalue weighted by Gasteiger charge is -1.99. The summed E-state index contributed by atoms with van der Waals surface area (Å²) in [5.74, 6) is 0. The van der Waals surface area contributed by atoms with Crippen LogP contribution in [0.3, 0.4) is 0 Å². The van der Waals surface area contributed by atoms with Gasteiger partial charge in [-0.1, -0.05) is 66.2 Å². The molecule has 0 radical (unpaired) electrons. The van der Waals surface area contributed by atoms with Gasteiger partial charge in [0.25, 0.3) is 0 Å². The summed E-state index contributed by atoms with van der Waals surface area (Å²) in [6.45, 7) is 1.67. The molecule has 1 aromatic heterocycles. The summed E-state index contributed by atoms with van der Waals surface area (Å²) < 4.78 is 4.58. The van der Waals surface area contributed by atoms with Crippen LogP contribution in [-0.2, 0) is 13.1 Å². The topological polar surface area (TPSA) is 8.81 Å². The number of para-hydroxylation sites is 2. The van der Waals surface area contributed by atoms with E-state index in [9.17, 15) is 0 Å². The molecule has 0 aliphatic rings. The third kappa shape index (κ3) is 3.06. The van der Waals surface area contributed by atoms with Crippen LogP contribution in [0.5, 0.6) is 0 Å². The second-order valence-electron chi connectivity index (χ2n) is 5.98. The van der Waals surface area contributed by atoms with Gasteiger partial charge in [0.2, 0.25) is 6.33 Å². The van der Waals surface area contributed by atoms with Crippen molar-refractivity contribution < 1.29 is 4.57 Å². The molecule has 0 atom stereocenters. The number of halogens is 1. The van der Waals surface area contributed by atoms with E-state index in [1.165, 1.54) is 22.2 Å². The van der Waals surface area contributed by atoms with E-state index in [1.54, 1.807) is 0 Å². The summed E-state index contributed by atoms with van der Waals surface area (Å²) in [5, 5.41) is 0.779. The molecule has 0 unspecified atom stereocenters. The Kier molecular flexibility index (Phi) is 4.06. The fraction of sp³-hybridized carbons (Fsp3) is 0.0952. The van der Waals surface area contributed by atoms with Gasteiger partial charge in [0.05, 0.1) is 0 Å². The maximum atomic E-state index is 6.13. The van der Waals surface area contributed by atoms with Gasteiger partial charge in [-0.3, -0.25) is 0 Å². The van der Waals surface area contributed by atoms with Crippen molar-refractivity contribution in [1.82, 2.24) is 4.57 Å². The highest BCUT2D eigenvalue weighted by atomic mass is 35.5. The zero-order valence-electron chi connectivity index (χ0n) is 13.3. The van der Waals surface area contributed by atoms with Crippen molar-refractivity contribution in [2.24, 2.45) is 0 Å².